The van der Waals surface area contributed by atoms with Gasteiger partial charge in [0.15, 0.2) is 0 Å². The molecule has 1 aromatic carbocycles. The SMILES string of the molecule is CC1(COc2cc(F)c(C(=O)OC(C)(C)C)cc2C2CC2)CCN(C(=O)OC(C)(C)C)CC1. The minimum Gasteiger partial charge on any atom is -0.493 e. The van der Waals surface area contributed by atoms with E-state index in [2.05, 4.69) is 6.92 Å². The van der Waals surface area contributed by atoms with Crippen LogP contribution >= 0.6 is 0 Å². The summed E-state index contributed by atoms with van der Waals surface area (Å²) in [6.07, 6.45) is 3.24. The molecule has 1 saturated carbocycles. The largest absolute Gasteiger partial charge is 0.493 e. The first-order chi connectivity index (χ1) is 15.2. The zero-order chi connectivity index (χ0) is 24.6. The van der Waals surface area contributed by atoms with Crippen LogP contribution in [0.15, 0.2) is 12.1 Å². The number of carbonyl (C=O) groups is 2. The van der Waals surface area contributed by atoms with Crippen molar-refractivity contribution >= 4 is 12.1 Å². The van der Waals surface area contributed by atoms with Crippen LogP contribution in [0.4, 0.5) is 9.18 Å². The van der Waals surface area contributed by atoms with Gasteiger partial charge in [-0.05, 0) is 84.8 Å². The molecule has 184 valence electrons. The van der Waals surface area contributed by atoms with Crippen molar-refractivity contribution < 1.29 is 28.2 Å². The predicted octanol–water partition coefficient (Wildman–Crippen LogP) is 6.07. The summed E-state index contributed by atoms with van der Waals surface area (Å²) >= 11 is 0. The molecule has 33 heavy (non-hydrogen) atoms. The lowest BCUT2D eigenvalue weighted by atomic mass is 9.81. The molecule has 2 aliphatic rings. The number of benzene rings is 1. The Kier molecular flexibility index (Phi) is 7.02. The van der Waals surface area contributed by atoms with Crippen LogP contribution < -0.4 is 4.74 Å². The maximum atomic E-state index is 14.8. The average Bonchev–Trinajstić information content (AvgIpc) is 3.49. The fourth-order valence-electron chi connectivity index (χ4n) is 3.85. The van der Waals surface area contributed by atoms with Crippen molar-refractivity contribution in [3.8, 4) is 5.75 Å². The minimum atomic E-state index is -0.693. The first-order valence-corrected chi connectivity index (χ1v) is 11.8. The summed E-state index contributed by atoms with van der Waals surface area (Å²) in [5.74, 6) is -0.509. The summed E-state index contributed by atoms with van der Waals surface area (Å²) < 4.78 is 31.8. The standard InChI is InChI=1S/C26H38FNO5/c1-24(2,3)32-22(29)19-14-18(17-8-9-17)21(15-20(19)27)31-16-26(7)10-12-28(13-11-26)23(30)33-25(4,5)6/h14-15,17H,8-13,16H2,1-7H3. The Bertz CT molecular complexity index is 887. The molecule has 1 aliphatic carbocycles. The van der Waals surface area contributed by atoms with Gasteiger partial charge in [0, 0.05) is 24.6 Å². The first-order valence-electron chi connectivity index (χ1n) is 11.8. The highest BCUT2D eigenvalue weighted by Gasteiger charge is 2.36. The Morgan fingerprint density at radius 3 is 2.12 bits per heavy atom. The van der Waals surface area contributed by atoms with Crippen LogP contribution in [0.5, 0.6) is 5.75 Å². The Hall–Kier alpha value is -2.31. The summed E-state index contributed by atoms with van der Waals surface area (Å²) in [6.45, 7) is 14.6. The molecule has 1 amide bonds. The fraction of sp³-hybridized carbons (Fsp3) is 0.692. The molecule has 0 aromatic heterocycles. The topological polar surface area (TPSA) is 65.1 Å². The van der Waals surface area contributed by atoms with Gasteiger partial charge in [0.1, 0.15) is 22.8 Å². The van der Waals surface area contributed by atoms with Crippen molar-refractivity contribution in [1.29, 1.82) is 0 Å². The number of carbonyl (C=O) groups excluding carboxylic acids is 2. The third kappa shape index (κ3) is 7.08. The molecule has 0 unspecified atom stereocenters. The molecule has 6 nitrogen and oxygen atoms in total. The van der Waals surface area contributed by atoms with Crippen LogP contribution in [0.2, 0.25) is 0 Å². The van der Waals surface area contributed by atoms with Gasteiger partial charge in [0.25, 0.3) is 0 Å². The van der Waals surface area contributed by atoms with Gasteiger partial charge in [-0.25, -0.2) is 14.0 Å². The molecule has 7 heteroatoms. The maximum Gasteiger partial charge on any atom is 0.410 e. The number of likely N-dealkylation sites (tertiary alicyclic amines) is 1. The average molecular weight is 464 g/mol. The molecule has 2 fully saturated rings. The second kappa shape index (κ2) is 9.15. The zero-order valence-electron chi connectivity index (χ0n) is 21.0. The smallest absolute Gasteiger partial charge is 0.410 e. The van der Waals surface area contributed by atoms with Gasteiger partial charge < -0.3 is 19.1 Å². The lowest BCUT2D eigenvalue weighted by Crippen LogP contribution is -2.46. The first kappa shape index (κ1) is 25.3. The highest BCUT2D eigenvalue weighted by molar-refractivity contribution is 5.90. The molecule has 1 saturated heterocycles. The molecule has 0 bridgehead atoms. The van der Waals surface area contributed by atoms with E-state index >= 15 is 0 Å². The van der Waals surface area contributed by atoms with Gasteiger partial charge in [-0.15, -0.1) is 0 Å². The monoisotopic (exact) mass is 463 g/mol. The molecule has 0 spiro atoms. The highest BCUT2D eigenvalue weighted by Crippen LogP contribution is 2.46. The van der Waals surface area contributed by atoms with Crippen molar-refractivity contribution in [1.82, 2.24) is 4.90 Å². The van der Waals surface area contributed by atoms with Crippen LogP contribution in [0.3, 0.4) is 0 Å². The van der Waals surface area contributed by atoms with E-state index in [0.29, 0.717) is 25.4 Å². The second-order valence-corrected chi connectivity index (χ2v) is 11.7. The number of esters is 1. The van der Waals surface area contributed by atoms with Crippen molar-refractivity contribution in [2.75, 3.05) is 19.7 Å². The van der Waals surface area contributed by atoms with Gasteiger partial charge in [0.2, 0.25) is 0 Å². The molecule has 0 N–H and O–H groups in total. The van der Waals surface area contributed by atoms with E-state index in [1.165, 1.54) is 6.07 Å². The summed E-state index contributed by atoms with van der Waals surface area (Å²) in [4.78, 5) is 26.5. The number of hydrogen-bond donors (Lipinski definition) is 0. The molecule has 3 rings (SSSR count). The van der Waals surface area contributed by atoms with Gasteiger partial charge >= 0.3 is 12.1 Å². The number of halogens is 1. The Balaban J connectivity index is 1.66. The maximum absolute atomic E-state index is 14.8. The van der Waals surface area contributed by atoms with Crippen LogP contribution in [0.1, 0.15) is 96.0 Å². The number of amides is 1. The quantitative estimate of drug-likeness (QED) is 0.496. The van der Waals surface area contributed by atoms with E-state index in [1.807, 2.05) is 20.8 Å². The Labute approximate surface area is 196 Å². The lowest BCUT2D eigenvalue weighted by Gasteiger charge is -2.39. The van der Waals surface area contributed by atoms with E-state index in [0.717, 1.165) is 31.2 Å². The van der Waals surface area contributed by atoms with Crippen molar-refractivity contribution in [3.05, 3.63) is 29.1 Å². The highest BCUT2D eigenvalue weighted by atomic mass is 19.1. The summed E-state index contributed by atoms with van der Waals surface area (Å²) in [5, 5.41) is 0. The number of nitrogens with zero attached hydrogens (tertiary/aromatic N) is 1. The van der Waals surface area contributed by atoms with E-state index in [9.17, 15) is 14.0 Å². The number of ether oxygens (including phenoxy) is 3. The van der Waals surface area contributed by atoms with E-state index in [4.69, 9.17) is 14.2 Å². The Morgan fingerprint density at radius 1 is 1.03 bits per heavy atom. The lowest BCUT2D eigenvalue weighted by molar-refractivity contribution is 0.00460. The Morgan fingerprint density at radius 2 is 1.61 bits per heavy atom. The summed E-state index contributed by atoms with van der Waals surface area (Å²) in [5.41, 5.74) is -0.528. The van der Waals surface area contributed by atoms with Crippen molar-refractivity contribution in [3.63, 3.8) is 0 Å². The molecule has 0 radical (unpaired) electrons. The third-order valence-corrected chi connectivity index (χ3v) is 5.93. The van der Waals surface area contributed by atoms with Crippen molar-refractivity contribution in [2.45, 2.75) is 91.3 Å². The number of rotatable bonds is 5. The molecule has 1 aromatic rings. The fourth-order valence-corrected chi connectivity index (χ4v) is 3.85. The molecule has 0 atom stereocenters. The minimum absolute atomic E-state index is 0.0453. The van der Waals surface area contributed by atoms with Crippen LogP contribution in [-0.4, -0.2) is 47.9 Å². The summed E-state index contributed by atoms with van der Waals surface area (Å²) in [6, 6.07) is 2.93. The van der Waals surface area contributed by atoms with Crippen LogP contribution in [0, 0.1) is 11.2 Å². The summed E-state index contributed by atoms with van der Waals surface area (Å²) in [7, 11) is 0. The van der Waals surface area contributed by atoms with E-state index < -0.39 is 23.0 Å². The van der Waals surface area contributed by atoms with Gasteiger partial charge in [-0.1, -0.05) is 6.92 Å². The van der Waals surface area contributed by atoms with Gasteiger partial charge in [-0.3, -0.25) is 0 Å². The van der Waals surface area contributed by atoms with Crippen LogP contribution in [-0.2, 0) is 9.47 Å². The van der Waals surface area contributed by atoms with E-state index in [1.54, 1.807) is 31.7 Å². The van der Waals surface area contributed by atoms with Crippen LogP contribution in [0.25, 0.3) is 0 Å². The number of hydrogen-bond acceptors (Lipinski definition) is 5. The molecular weight excluding hydrogens is 425 g/mol. The third-order valence-electron chi connectivity index (χ3n) is 5.93. The zero-order valence-corrected chi connectivity index (χ0v) is 21.0. The second-order valence-electron chi connectivity index (χ2n) is 11.7. The predicted molar refractivity (Wildman–Crippen MR) is 124 cm³/mol. The normalized spacial score (nSPS) is 18.6. The number of piperidine rings is 1. The van der Waals surface area contributed by atoms with Gasteiger partial charge in [-0.2, -0.15) is 0 Å². The van der Waals surface area contributed by atoms with E-state index in [-0.39, 0.29) is 23.0 Å². The molecule has 1 heterocycles. The van der Waals surface area contributed by atoms with Gasteiger partial charge in [0.05, 0.1) is 12.2 Å². The molecular formula is C26H38FNO5. The van der Waals surface area contributed by atoms with Crippen molar-refractivity contribution in [2.24, 2.45) is 5.41 Å². The molecule has 1 aliphatic heterocycles.